The molecule has 0 bridgehead atoms. The molecule has 1 amide bonds. The standard InChI is InChI=1S/C19H21N5O3/c1-24-17(11-25)15(10-20-24)13-2-3-16-14(8-13)9-18(23-22-16)21-19(26)12-4-6-27-7-5-12/h2-3,8-10,12,25H,4-7,11H2,1H3,(H,21,23,26). The molecule has 1 saturated heterocycles. The first-order valence-corrected chi connectivity index (χ1v) is 8.94. The minimum absolute atomic E-state index is 0.0436. The maximum absolute atomic E-state index is 12.4. The summed E-state index contributed by atoms with van der Waals surface area (Å²) in [6, 6.07) is 7.58. The van der Waals surface area contributed by atoms with Crippen LogP contribution in [0.2, 0.25) is 0 Å². The molecule has 0 atom stereocenters. The zero-order chi connectivity index (χ0) is 18.8. The lowest BCUT2D eigenvalue weighted by atomic mass is 9.99. The van der Waals surface area contributed by atoms with Crippen molar-refractivity contribution in [3.05, 3.63) is 36.2 Å². The Balaban J connectivity index is 1.62. The fraction of sp³-hybridized carbons (Fsp3) is 0.368. The number of ether oxygens (including phenoxy) is 1. The molecule has 0 aliphatic carbocycles. The molecule has 8 heteroatoms. The monoisotopic (exact) mass is 367 g/mol. The van der Waals surface area contributed by atoms with Crippen LogP contribution in [-0.2, 0) is 23.2 Å². The molecule has 0 unspecified atom stereocenters. The number of hydrogen-bond acceptors (Lipinski definition) is 6. The molecule has 140 valence electrons. The molecule has 3 heterocycles. The van der Waals surface area contributed by atoms with Gasteiger partial charge >= 0.3 is 0 Å². The van der Waals surface area contributed by atoms with Gasteiger partial charge in [-0.3, -0.25) is 9.48 Å². The zero-order valence-corrected chi connectivity index (χ0v) is 15.1. The lowest BCUT2D eigenvalue weighted by molar-refractivity contribution is -0.122. The molecule has 1 aliphatic rings. The van der Waals surface area contributed by atoms with E-state index < -0.39 is 0 Å². The number of nitrogens with one attached hydrogen (secondary N) is 1. The van der Waals surface area contributed by atoms with Gasteiger partial charge in [0.15, 0.2) is 5.82 Å². The molecule has 3 aromatic rings. The molecule has 1 fully saturated rings. The quantitative estimate of drug-likeness (QED) is 0.730. The van der Waals surface area contributed by atoms with Crippen molar-refractivity contribution in [2.45, 2.75) is 19.4 Å². The third-order valence-electron chi connectivity index (χ3n) is 4.95. The molecule has 2 aromatic heterocycles. The van der Waals surface area contributed by atoms with Crippen LogP contribution in [-0.4, -0.2) is 44.2 Å². The lowest BCUT2D eigenvalue weighted by Gasteiger charge is -2.20. The van der Waals surface area contributed by atoms with E-state index in [0.29, 0.717) is 19.0 Å². The first-order chi connectivity index (χ1) is 13.2. The predicted octanol–water partition coefficient (Wildman–Crippen LogP) is 1.89. The van der Waals surface area contributed by atoms with Gasteiger partial charge in [0.2, 0.25) is 5.91 Å². The number of anilines is 1. The molecule has 0 spiro atoms. The number of aliphatic hydroxyl groups excluding tert-OH is 1. The van der Waals surface area contributed by atoms with Crippen molar-refractivity contribution in [3.8, 4) is 11.1 Å². The van der Waals surface area contributed by atoms with Crippen LogP contribution in [0.3, 0.4) is 0 Å². The van der Waals surface area contributed by atoms with Crippen LogP contribution in [0, 0.1) is 5.92 Å². The van der Waals surface area contributed by atoms with Gasteiger partial charge < -0.3 is 15.2 Å². The van der Waals surface area contributed by atoms with E-state index in [2.05, 4.69) is 20.6 Å². The normalized spacial score (nSPS) is 15.2. The maximum atomic E-state index is 12.4. The average Bonchev–Trinajstić information content (AvgIpc) is 3.08. The second-order valence-corrected chi connectivity index (χ2v) is 6.67. The highest BCUT2D eigenvalue weighted by Gasteiger charge is 2.22. The van der Waals surface area contributed by atoms with Crippen LogP contribution in [0.1, 0.15) is 18.5 Å². The average molecular weight is 367 g/mol. The highest BCUT2D eigenvalue weighted by molar-refractivity contribution is 5.94. The summed E-state index contributed by atoms with van der Waals surface area (Å²) in [6.07, 6.45) is 3.18. The van der Waals surface area contributed by atoms with Crippen molar-refractivity contribution in [3.63, 3.8) is 0 Å². The molecule has 0 saturated carbocycles. The number of nitrogens with zero attached hydrogens (tertiary/aromatic N) is 4. The van der Waals surface area contributed by atoms with Gasteiger partial charge in [-0.2, -0.15) is 5.10 Å². The van der Waals surface area contributed by atoms with Crippen LogP contribution in [0.15, 0.2) is 30.5 Å². The highest BCUT2D eigenvalue weighted by Crippen LogP contribution is 2.27. The summed E-state index contributed by atoms with van der Waals surface area (Å²) in [5.74, 6) is 0.340. The summed E-state index contributed by atoms with van der Waals surface area (Å²) < 4.78 is 6.96. The fourth-order valence-electron chi connectivity index (χ4n) is 3.35. The number of aromatic nitrogens is 4. The van der Waals surface area contributed by atoms with E-state index in [0.717, 1.165) is 40.6 Å². The Labute approximate surface area is 156 Å². The van der Waals surface area contributed by atoms with E-state index in [9.17, 15) is 9.90 Å². The van der Waals surface area contributed by atoms with Crippen LogP contribution >= 0.6 is 0 Å². The Kier molecular flexibility index (Phi) is 4.83. The first kappa shape index (κ1) is 17.6. The summed E-state index contributed by atoms with van der Waals surface area (Å²) in [6.45, 7) is 1.14. The number of fused-ring (bicyclic) bond motifs is 1. The van der Waals surface area contributed by atoms with Crippen molar-refractivity contribution in [2.75, 3.05) is 18.5 Å². The minimum Gasteiger partial charge on any atom is -0.390 e. The molecule has 2 N–H and O–H groups in total. The van der Waals surface area contributed by atoms with E-state index in [1.807, 2.05) is 24.3 Å². The third-order valence-corrected chi connectivity index (χ3v) is 4.95. The van der Waals surface area contributed by atoms with Crippen LogP contribution in [0.25, 0.3) is 22.0 Å². The van der Waals surface area contributed by atoms with E-state index in [1.165, 1.54) is 0 Å². The van der Waals surface area contributed by atoms with E-state index in [1.54, 1.807) is 17.9 Å². The summed E-state index contributed by atoms with van der Waals surface area (Å²) in [4.78, 5) is 12.4. The van der Waals surface area contributed by atoms with Crippen molar-refractivity contribution in [1.82, 2.24) is 20.0 Å². The number of aryl methyl sites for hydroxylation is 1. The Morgan fingerprint density at radius 2 is 2.11 bits per heavy atom. The van der Waals surface area contributed by atoms with E-state index >= 15 is 0 Å². The Morgan fingerprint density at radius 1 is 1.30 bits per heavy atom. The second-order valence-electron chi connectivity index (χ2n) is 6.67. The fourth-order valence-corrected chi connectivity index (χ4v) is 3.35. The summed E-state index contributed by atoms with van der Waals surface area (Å²) in [5.41, 5.74) is 3.27. The van der Waals surface area contributed by atoms with Gasteiger partial charge in [0.25, 0.3) is 0 Å². The molecule has 1 aromatic carbocycles. The summed E-state index contributed by atoms with van der Waals surface area (Å²) in [7, 11) is 1.80. The van der Waals surface area contributed by atoms with Crippen LogP contribution in [0.5, 0.6) is 0 Å². The topological polar surface area (TPSA) is 102 Å². The van der Waals surface area contributed by atoms with Crippen LogP contribution in [0.4, 0.5) is 5.82 Å². The van der Waals surface area contributed by atoms with Crippen molar-refractivity contribution < 1.29 is 14.6 Å². The molecule has 27 heavy (non-hydrogen) atoms. The second kappa shape index (κ2) is 7.42. The van der Waals surface area contributed by atoms with Crippen molar-refractivity contribution >= 4 is 22.6 Å². The maximum Gasteiger partial charge on any atom is 0.228 e. The SMILES string of the molecule is Cn1ncc(-c2ccc3nnc(NC(=O)C4CCOCC4)cc3c2)c1CO. The number of hydrogen-bond donors (Lipinski definition) is 2. The largest absolute Gasteiger partial charge is 0.390 e. The first-order valence-electron chi connectivity index (χ1n) is 8.94. The van der Waals surface area contributed by atoms with Gasteiger partial charge in [-0.15, -0.1) is 10.2 Å². The number of carbonyl (C=O) groups excluding carboxylic acids is 1. The van der Waals surface area contributed by atoms with Crippen molar-refractivity contribution in [2.24, 2.45) is 13.0 Å². The van der Waals surface area contributed by atoms with Gasteiger partial charge in [-0.25, -0.2) is 0 Å². The number of carbonyl (C=O) groups is 1. The number of aliphatic hydroxyl groups is 1. The number of amides is 1. The zero-order valence-electron chi connectivity index (χ0n) is 15.1. The van der Waals surface area contributed by atoms with Crippen molar-refractivity contribution in [1.29, 1.82) is 0 Å². The lowest BCUT2D eigenvalue weighted by Crippen LogP contribution is -2.28. The Hall–Kier alpha value is -2.84. The van der Waals surface area contributed by atoms with Gasteiger partial charge in [-0.05, 0) is 36.6 Å². The molecule has 8 nitrogen and oxygen atoms in total. The molecular weight excluding hydrogens is 346 g/mol. The van der Waals surface area contributed by atoms with Gasteiger partial charge in [-0.1, -0.05) is 6.07 Å². The smallest absolute Gasteiger partial charge is 0.228 e. The summed E-state index contributed by atoms with van der Waals surface area (Å²) >= 11 is 0. The van der Waals surface area contributed by atoms with E-state index in [-0.39, 0.29) is 18.4 Å². The number of rotatable bonds is 4. The Morgan fingerprint density at radius 3 is 2.89 bits per heavy atom. The summed E-state index contributed by atoms with van der Waals surface area (Å²) in [5, 5.41) is 25.8. The highest BCUT2D eigenvalue weighted by atomic mass is 16.5. The third kappa shape index (κ3) is 3.54. The molecule has 4 rings (SSSR count). The van der Waals surface area contributed by atoms with Gasteiger partial charge in [0.1, 0.15) is 0 Å². The molecule has 1 aliphatic heterocycles. The Bertz CT molecular complexity index is 979. The van der Waals surface area contributed by atoms with Crippen LogP contribution < -0.4 is 5.32 Å². The molecule has 0 radical (unpaired) electrons. The van der Waals surface area contributed by atoms with E-state index in [4.69, 9.17) is 4.74 Å². The minimum atomic E-state index is -0.0924. The van der Waals surface area contributed by atoms with Gasteiger partial charge in [0.05, 0.1) is 24.0 Å². The molecular formula is C19H21N5O3. The number of benzene rings is 1. The van der Waals surface area contributed by atoms with Gasteiger partial charge in [0, 0.05) is 37.1 Å². The predicted molar refractivity (Wildman–Crippen MR) is 99.8 cm³/mol.